The van der Waals surface area contributed by atoms with E-state index >= 15 is 0 Å². The van der Waals surface area contributed by atoms with Crippen molar-refractivity contribution in [1.29, 1.82) is 0 Å². The van der Waals surface area contributed by atoms with Gasteiger partial charge in [0.05, 0.1) is 9.13 Å². The lowest BCUT2D eigenvalue weighted by Crippen LogP contribution is -2.01. The fraction of sp³-hybridized carbons (Fsp3) is 0.0714. The number of halogens is 1. The Morgan fingerprint density at radius 1 is 1.32 bits per heavy atom. The fourth-order valence-electron chi connectivity index (χ4n) is 1.92. The summed E-state index contributed by atoms with van der Waals surface area (Å²) < 4.78 is 22.4. The zero-order valence-electron chi connectivity index (χ0n) is 9.72. The van der Waals surface area contributed by atoms with Gasteiger partial charge in [-0.15, -0.1) is 12.3 Å². The maximum absolute atomic E-state index is 11.3. The quantitative estimate of drug-likeness (QED) is 0.668. The third-order valence-electron chi connectivity index (χ3n) is 2.75. The van der Waals surface area contributed by atoms with Gasteiger partial charge in [-0.25, -0.2) is 10.9 Å². The van der Waals surface area contributed by atoms with Gasteiger partial charge in [0.25, 0.3) is 0 Å². The summed E-state index contributed by atoms with van der Waals surface area (Å²) in [7, 11) is 0. The van der Waals surface area contributed by atoms with Gasteiger partial charge in [-0.3, -0.25) is 0 Å². The van der Waals surface area contributed by atoms with Crippen molar-refractivity contribution in [1.82, 2.24) is 0 Å². The van der Waals surface area contributed by atoms with Crippen molar-refractivity contribution in [3.05, 3.63) is 45.0 Å². The highest BCUT2D eigenvalue weighted by atomic mass is 127. The third kappa shape index (κ3) is 2.58. The topological polar surface area (TPSA) is 71.4 Å². The first kappa shape index (κ1) is 13.5. The molecule has 5 heteroatoms. The summed E-state index contributed by atoms with van der Waals surface area (Å²) in [5.41, 5.74) is 0.636. The summed E-state index contributed by atoms with van der Waals surface area (Å²) in [6, 6.07) is 8.11. The molecular weight excluding hydrogens is 359 g/mol. The molecule has 0 aliphatic rings. The Bertz CT molecular complexity index is 774. The van der Waals surface area contributed by atoms with Crippen LogP contribution >= 0.6 is 19.8 Å². The highest BCUT2D eigenvalue weighted by Crippen LogP contribution is 2.29. The number of carbonyl (C=O) groups is 1. The Morgan fingerprint density at radius 2 is 2.05 bits per heavy atom. The SMILES string of the molecule is C#CCc1cccc2cc(C(=O)O)c(I(=O)=O)cc12. The molecule has 1 N–H and O–H groups in total. The van der Waals surface area contributed by atoms with E-state index in [-0.39, 0.29) is 9.13 Å². The van der Waals surface area contributed by atoms with Crippen LogP contribution in [0.2, 0.25) is 0 Å². The van der Waals surface area contributed by atoms with Crippen molar-refractivity contribution in [2.45, 2.75) is 6.42 Å². The summed E-state index contributed by atoms with van der Waals surface area (Å²) in [6.07, 6.45) is 5.64. The van der Waals surface area contributed by atoms with Crippen LogP contribution in [0.4, 0.5) is 0 Å². The molecule has 2 aromatic carbocycles. The number of fused-ring (bicyclic) bond motifs is 1. The lowest BCUT2D eigenvalue weighted by Gasteiger charge is -2.06. The normalized spacial score (nSPS) is 10.5. The number of carboxylic acids is 1. The summed E-state index contributed by atoms with van der Waals surface area (Å²) in [5.74, 6) is 1.26. The summed E-state index contributed by atoms with van der Waals surface area (Å²) in [5, 5.41) is 10.4. The van der Waals surface area contributed by atoms with Gasteiger partial charge in [-0.2, -0.15) is 0 Å². The van der Waals surface area contributed by atoms with Crippen LogP contribution in [-0.4, -0.2) is 11.1 Å². The highest BCUT2D eigenvalue weighted by molar-refractivity contribution is 14.2. The minimum Gasteiger partial charge on any atom is -0.478 e. The van der Waals surface area contributed by atoms with Crippen LogP contribution in [-0.2, 0) is 12.6 Å². The van der Waals surface area contributed by atoms with E-state index in [9.17, 15) is 10.9 Å². The van der Waals surface area contributed by atoms with E-state index in [0.717, 1.165) is 5.56 Å². The van der Waals surface area contributed by atoms with Gasteiger partial charge in [0.15, 0.2) is 0 Å². The number of terminal acetylenes is 1. The minimum absolute atomic E-state index is 0.103. The molecule has 4 nitrogen and oxygen atoms in total. The van der Waals surface area contributed by atoms with Crippen molar-refractivity contribution in [2.75, 3.05) is 0 Å². The molecule has 0 aliphatic carbocycles. The summed E-state index contributed by atoms with van der Waals surface area (Å²) in [4.78, 5) is 11.1. The number of hydrogen-bond donors (Lipinski definition) is 1. The van der Waals surface area contributed by atoms with Gasteiger partial charge in [0, 0.05) is 6.42 Å². The Kier molecular flexibility index (Phi) is 3.81. The molecule has 0 aliphatic heterocycles. The number of rotatable bonds is 3. The molecule has 96 valence electrons. The molecule has 0 amide bonds. The lowest BCUT2D eigenvalue weighted by atomic mass is 10.0. The molecular formula is C14H9IO4. The van der Waals surface area contributed by atoms with E-state index in [1.165, 1.54) is 12.1 Å². The number of aromatic carboxylic acids is 1. The maximum atomic E-state index is 11.3. The number of benzene rings is 2. The predicted octanol–water partition coefficient (Wildman–Crippen LogP) is 3.08. The molecule has 0 atom stereocenters. The molecule has 0 unspecified atom stereocenters. The van der Waals surface area contributed by atoms with E-state index < -0.39 is 25.8 Å². The van der Waals surface area contributed by atoms with Crippen molar-refractivity contribution < 1.29 is 16.0 Å². The standard InChI is InChI=1S/C14H9IO4/c1-2-4-9-5-3-6-10-7-12(14(16)17)13(15(18)19)8-11(9)10/h1,3,5-8H,4H2,(H,16,17). The van der Waals surface area contributed by atoms with Crippen LogP contribution in [0.25, 0.3) is 10.8 Å². The molecule has 0 bridgehead atoms. The predicted molar refractivity (Wildman–Crippen MR) is 77.5 cm³/mol. The molecule has 0 spiro atoms. The average Bonchev–Trinajstić information content (AvgIpc) is 2.37. The van der Waals surface area contributed by atoms with E-state index in [4.69, 9.17) is 11.5 Å². The van der Waals surface area contributed by atoms with Crippen LogP contribution in [0.5, 0.6) is 0 Å². The van der Waals surface area contributed by atoms with Crippen LogP contribution < -0.4 is 0 Å². The second-order valence-electron chi connectivity index (χ2n) is 3.87. The van der Waals surface area contributed by atoms with Crippen LogP contribution in [0.3, 0.4) is 0 Å². The van der Waals surface area contributed by atoms with E-state index in [0.29, 0.717) is 17.2 Å². The van der Waals surface area contributed by atoms with Gasteiger partial charge >= 0.3 is 25.8 Å². The van der Waals surface area contributed by atoms with Gasteiger partial charge in [-0.1, -0.05) is 18.2 Å². The molecule has 2 rings (SSSR count). The first-order valence-corrected chi connectivity index (χ1v) is 8.16. The second kappa shape index (κ2) is 5.36. The van der Waals surface area contributed by atoms with Crippen molar-refractivity contribution in [3.63, 3.8) is 0 Å². The van der Waals surface area contributed by atoms with Crippen molar-refractivity contribution in [2.24, 2.45) is 0 Å². The molecule has 0 radical (unpaired) electrons. The monoisotopic (exact) mass is 368 g/mol. The van der Waals surface area contributed by atoms with Gasteiger partial charge in [0.2, 0.25) is 0 Å². The fourth-order valence-corrected chi connectivity index (χ4v) is 3.35. The lowest BCUT2D eigenvalue weighted by molar-refractivity contribution is 0.0696. The summed E-state index contributed by atoms with van der Waals surface area (Å²) in [6.45, 7) is 0. The van der Waals surface area contributed by atoms with Crippen LogP contribution in [0.15, 0.2) is 30.3 Å². The Morgan fingerprint density at radius 3 is 2.63 bits per heavy atom. The van der Waals surface area contributed by atoms with Gasteiger partial charge in [0.1, 0.15) is 0 Å². The maximum Gasteiger partial charge on any atom is 0.341 e. The largest absolute Gasteiger partial charge is 0.478 e. The van der Waals surface area contributed by atoms with Crippen LogP contribution in [0.1, 0.15) is 15.9 Å². The molecule has 0 heterocycles. The van der Waals surface area contributed by atoms with Gasteiger partial charge < -0.3 is 5.11 Å². The van der Waals surface area contributed by atoms with E-state index in [1.807, 2.05) is 0 Å². The van der Waals surface area contributed by atoms with Gasteiger partial charge in [-0.05, 0) is 28.5 Å². The Hall–Kier alpha value is -1.94. The molecule has 0 aromatic heterocycles. The minimum atomic E-state index is -3.88. The molecule has 0 saturated heterocycles. The zero-order chi connectivity index (χ0) is 14.0. The number of carboxylic acid groups (broad SMARTS) is 1. The average molecular weight is 368 g/mol. The second-order valence-corrected chi connectivity index (χ2v) is 6.28. The van der Waals surface area contributed by atoms with E-state index in [2.05, 4.69) is 5.92 Å². The molecule has 0 fully saturated rings. The smallest absolute Gasteiger partial charge is 0.341 e. The highest BCUT2D eigenvalue weighted by Gasteiger charge is 2.16. The Labute approximate surface area is 116 Å². The van der Waals surface area contributed by atoms with E-state index in [1.54, 1.807) is 18.2 Å². The van der Waals surface area contributed by atoms with Crippen LogP contribution in [0, 0.1) is 15.9 Å². The zero-order valence-corrected chi connectivity index (χ0v) is 11.9. The van der Waals surface area contributed by atoms with Crippen molar-refractivity contribution in [3.8, 4) is 12.3 Å². The number of hydrogen-bond acceptors (Lipinski definition) is 3. The molecule has 0 saturated carbocycles. The van der Waals surface area contributed by atoms with Crippen molar-refractivity contribution >= 4 is 36.5 Å². The summed E-state index contributed by atoms with van der Waals surface area (Å²) >= 11 is -3.88. The third-order valence-corrected chi connectivity index (χ3v) is 4.59. The first-order chi connectivity index (χ1) is 9.04. The Balaban J connectivity index is 2.86. The first-order valence-electron chi connectivity index (χ1n) is 5.32. The molecule has 19 heavy (non-hydrogen) atoms. The molecule has 2 aromatic rings.